The largest absolute Gasteiger partial charge is 0.480 e. The van der Waals surface area contributed by atoms with Gasteiger partial charge in [-0.2, -0.15) is 0 Å². The fourth-order valence-corrected chi connectivity index (χ4v) is 3.68. The molecule has 1 aromatic rings. The maximum absolute atomic E-state index is 12.4. The van der Waals surface area contributed by atoms with Crippen LogP contribution in [0.2, 0.25) is 0 Å². The molecule has 1 heterocycles. The molecule has 124 valence electrons. The van der Waals surface area contributed by atoms with Crippen LogP contribution in [-0.4, -0.2) is 29.1 Å². The first-order valence-corrected chi connectivity index (χ1v) is 8.34. The number of ether oxygens (including phenoxy) is 1. The summed E-state index contributed by atoms with van der Waals surface area (Å²) >= 11 is 0. The van der Waals surface area contributed by atoms with Gasteiger partial charge in [0.2, 0.25) is 5.91 Å². The zero-order valence-corrected chi connectivity index (χ0v) is 13.2. The minimum Gasteiger partial charge on any atom is -0.480 e. The highest BCUT2D eigenvalue weighted by atomic mass is 16.5. The van der Waals surface area contributed by atoms with Crippen LogP contribution >= 0.6 is 0 Å². The molecule has 2 aliphatic rings. The van der Waals surface area contributed by atoms with Crippen LogP contribution in [0.15, 0.2) is 24.3 Å². The second-order valence-corrected chi connectivity index (χ2v) is 6.51. The summed E-state index contributed by atoms with van der Waals surface area (Å²) in [4.78, 5) is 24.1. The van der Waals surface area contributed by atoms with E-state index in [0.717, 1.165) is 31.2 Å². The predicted octanol–water partition coefficient (Wildman–Crippen LogP) is 2.59. The van der Waals surface area contributed by atoms with E-state index in [1.165, 1.54) is 5.56 Å². The lowest BCUT2D eigenvalue weighted by Gasteiger charge is -2.34. The Balaban J connectivity index is 1.69. The first-order valence-electron chi connectivity index (χ1n) is 8.34. The number of aliphatic carboxylic acids is 1. The summed E-state index contributed by atoms with van der Waals surface area (Å²) in [5.41, 5.74) is 1.16. The van der Waals surface area contributed by atoms with Gasteiger partial charge in [0, 0.05) is 0 Å². The third-order valence-corrected chi connectivity index (χ3v) is 4.96. The van der Waals surface area contributed by atoms with E-state index in [4.69, 9.17) is 4.74 Å². The van der Waals surface area contributed by atoms with Crippen molar-refractivity contribution in [1.29, 1.82) is 0 Å². The molecule has 23 heavy (non-hydrogen) atoms. The van der Waals surface area contributed by atoms with E-state index >= 15 is 0 Å². The Morgan fingerprint density at radius 3 is 2.70 bits per heavy atom. The van der Waals surface area contributed by atoms with Crippen molar-refractivity contribution >= 4 is 11.9 Å². The van der Waals surface area contributed by atoms with E-state index < -0.39 is 11.5 Å². The number of carbonyl (C=O) groups is 2. The summed E-state index contributed by atoms with van der Waals surface area (Å²) in [6.07, 6.45) is 4.48. The molecule has 1 saturated carbocycles. The zero-order valence-electron chi connectivity index (χ0n) is 13.2. The van der Waals surface area contributed by atoms with Gasteiger partial charge < -0.3 is 15.2 Å². The highest BCUT2D eigenvalue weighted by Crippen LogP contribution is 2.31. The summed E-state index contributed by atoms with van der Waals surface area (Å²) in [6.45, 7) is 0.596. The van der Waals surface area contributed by atoms with E-state index in [1.54, 1.807) is 0 Å². The van der Waals surface area contributed by atoms with Crippen molar-refractivity contribution in [2.24, 2.45) is 0 Å². The number of benzene rings is 1. The van der Waals surface area contributed by atoms with Gasteiger partial charge in [0.25, 0.3) is 0 Å². The lowest BCUT2D eigenvalue weighted by molar-refractivity contribution is -0.149. The van der Waals surface area contributed by atoms with E-state index in [1.807, 2.05) is 18.2 Å². The Morgan fingerprint density at radius 1 is 1.22 bits per heavy atom. The Hall–Kier alpha value is -1.88. The van der Waals surface area contributed by atoms with Gasteiger partial charge in [-0.05, 0) is 30.4 Å². The smallest absolute Gasteiger partial charge is 0.329 e. The van der Waals surface area contributed by atoms with Crippen molar-refractivity contribution in [3.8, 4) is 0 Å². The second kappa shape index (κ2) is 6.71. The molecular formula is C18H23NO4. The number of hydrogen-bond acceptors (Lipinski definition) is 3. The number of fused-ring (bicyclic) bond motifs is 1. The van der Waals surface area contributed by atoms with Gasteiger partial charge in [-0.3, -0.25) is 4.79 Å². The van der Waals surface area contributed by atoms with Crippen LogP contribution in [0.4, 0.5) is 0 Å². The Bertz CT molecular complexity index is 592. The van der Waals surface area contributed by atoms with Gasteiger partial charge in [-0.15, -0.1) is 0 Å². The van der Waals surface area contributed by atoms with E-state index in [2.05, 4.69) is 11.4 Å². The first-order chi connectivity index (χ1) is 11.1. The van der Waals surface area contributed by atoms with Crippen LogP contribution < -0.4 is 5.32 Å². The van der Waals surface area contributed by atoms with Crippen molar-refractivity contribution in [3.05, 3.63) is 35.4 Å². The minimum atomic E-state index is -1.09. The standard InChI is InChI=1S/C18H23NO4/c20-16(19-18(17(21)22)9-4-1-5-10-18)12-15-14-7-3-2-6-13(14)8-11-23-15/h2-3,6-7,15H,1,4-5,8-12H2,(H,19,20)(H,21,22). The summed E-state index contributed by atoms with van der Waals surface area (Å²) in [6, 6.07) is 7.98. The van der Waals surface area contributed by atoms with Crippen LogP contribution in [0, 0.1) is 0 Å². The molecule has 0 radical (unpaired) electrons. The molecule has 1 unspecified atom stereocenters. The number of hydrogen-bond donors (Lipinski definition) is 2. The molecule has 1 fully saturated rings. The van der Waals surface area contributed by atoms with Crippen LogP contribution in [0.5, 0.6) is 0 Å². The van der Waals surface area contributed by atoms with E-state index in [9.17, 15) is 14.7 Å². The monoisotopic (exact) mass is 317 g/mol. The molecular weight excluding hydrogens is 294 g/mol. The van der Waals surface area contributed by atoms with Gasteiger partial charge in [0.05, 0.1) is 19.1 Å². The summed E-state index contributed by atoms with van der Waals surface area (Å²) in [7, 11) is 0. The van der Waals surface area contributed by atoms with Gasteiger partial charge in [0.15, 0.2) is 0 Å². The molecule has 1 aliphatic carbocycles. The summed E-state index contributed by atoms with van der Waals surface area (Å²) in [5.74, 6) is -1.16. The Kier molecular flexibility index (Phi) is 4.66. The molecule has 1 aliphatic heterocycles. The second-order valence-electron chi connectivity index (χ2n) is 6.51. The SMILES string of the molecule is O=C(CC1OCCc2ccccc21)NC1(C(=O)O)CCCCC1. The number of nitrogens with one attached hydrogen (secondary N) is 1. The van der Waals surface area contributed by atoms with Crippen molar-refractivity contribution in [2.75, 3.05) is 6.61 Å². The van der Waals surface area contributed by atoms with Crippen LogP contribution in [0.25, 0.3) is 0 Å². The average molecular weight is 317 g/mol. The van der Waals surface area contributed by atoms with E-state index in [0.29, 0.717) is 19.4 Å². The third-order valence-electron chi connectivity index (χ3n) is 4.96. The predicted molar refractivity (Wildman–Crippen MR) is 85.1 cm³/mol. The Labute approximate surface area is 136 Å². The molecule has 0 spiro atoms. The number of carboxylic acids is 1. The van der Waals surface area contributed by atoms with Crippen molar-refractivity contribution in [1.82, 2.24) is 5.32 Å². The highest BCUT2D eigenvalue weighted by Gasteiger charge is 2.41. The number of rotatable bonds is 4. The van der Waals surface area contributed by atoms with Crippen molar-refractivity contribution < 1.29 is 19.4 Å². The highest BCUT2D eigenvalue weighted by molar-refractivity contribution is 5.87. The quantitative estimate of drug-likeness (QED) is 0.895. The molecule has 1 aromatic carbocycles. The molecule has 3 rings (SSSR count). The van der Waals surface area contributed by atoms with Gasteiger partial charge in [-0.25, -0.2) is 4.79 Å². The van der Waals surface area contributed by atoms with Gasteiger partial charge >= 0.3 is 5.97 Å². The number of carbonyl (C=O) groups excluding carboxylic acids is 1. The molecule has 5 nitrogen and oxygen atoms in total. The molecule has 1 atom stereocenters. The minimum absolute atomic E-state index is 0.173. The molecule has 0 bridgehead atoms. The number of carboxylic acid groups (broad SMARTS) is 1. The molecule has 0 aromatic heterocycles. The summed E-state index contributed by atoms with van der Waals surface area (Å²) in [5, 5.41) is 12.3. The number of amides is 1. The lowest BCUT2D eigenvalue weighted by Crippen LogP contribution is -2.55. The lowest BCUT2D eigenvalue weighted by atomic mass is 9.81. The summed E-state index contributed by atoms with van der Waals surface area (Å²) < 4.78 is 5.75. The van der Waals surface area contributed by atoms with Gasteiger partial charge in [-0.1, -0.05) is 43.5 Å². The normalized spacial score (nSPS) is 22.9. The van der Waals surface area contributed by atoms with Crippen molar-refractivity contribution in [2.45, 2.75) is 56.6 Å². The van der Waals surface area contributed by atoms with Gasteiger partial charge in [0.1, 0.15) is 5.54 Å². The molecule has 0 saturated heterocycles. The molecule has 2 N–H and O–H groups in total. The van der Waals surface area contributed by atoms with E-state index in [-0.39, 0.29) is 18.4 Å². The third kappa shape index (κ3) is 3.39. The Morgan fingerprint density at radius 2 is 1.96 bits per heavy atom. The first kappa shape index (κ1) is 16.0. The van der Waals surface area contributed by atoms with Crippen LogP contribution in [0.1, 0.15) is 55.8 Å². The van der Waals surface area contributed by atoms with Crippen LogP contribution in [0.3, 0.4) is 0 Å². The maximum Gasteiger partial charge on any atom is 0.329 e. The zero-order chi connectivity index (χ0) is 16.3. The molecule has 1 amide bonds. The fraction of sp³-hybridized carbons (Fsp3) is 0.556. The fourth-order valence-electron chi connectivity index (χ4n) is 3.68. The van der Waals surface area contributed by atoms with Crippen molar-refractivity contribution in [3.63, 3.8) is 0 Å². The average Bonchev–Trinajstić information content (AvgIpc) is 2.56. The van der Waals surface area contributed by atoms with Crippen LogP contribution in [-0.2, 0) is 20.7 Å². The topological polar surface area (TPSA) is 75.6 Å². The molecule has 5 heteroatoms. The maximum atomic E-state index is 12.4.